The molecule has 1 fully saturated rings. The van der Waals surface area contributed by atoms with E-state index in [1.807, 2.05) is 0 Å². The van der Waals surface area contributed by atoms with Gasteiger partial charge in [-0.3, -0.25) is 0 Å². The fourth-order valence-electron chi connectivity index (χ4n) is 2.12. The van der Waals surface area contributed by atoms with Gasteiger partial charge in [0, 0.05) is 50.3 Å². The van der Waals surface area contributed by atoms with Gasteiger partial charge >= 0.3 is 0 Å². The number of likely N-dealkylation sites (N-methyl/N-ethyl adjacent to an activating group) is 1. The second-order valence-electron chi connectivity index (χ2n) is 4.42. The number of thiol groups is 1. The molecule has 1 aromatic heterocycles. The summed E-state index contributed by atoms with van der Waals surface area (Å²) in [6, 6.07) is 0. The SMILES string of the molecule is CCN1CCN(CCc2nc(CS)cs2)CC1. The van der Waals surface area contributed by atoms with E-state index in [1.54, 1.807) is 11.3 Å². The van der Waals surface area contributed by atoms with Gasteiger partial charge in [-0.05, 0) is 6.54 Å². The summed E-state index contributed by atoms with van der Waals surface area (Å²) >= 11 is 6.01. The van der Waals surface area contributed by atoms with Crippen LogP contribution in [0, 0.1) is 0 Å². The zero-order valence-electron chi connectivity index (χ0n) is 10.4. The number of rotatable bonds is 5. The van der Waals surface area contributed by atoms with Crippen LogP contribution in [0.4, 0.5) is 0 Å². The summed E-state index contributed by atoms with van der Waals surface area (Å²) in [6.45, 7) is 9.43. The summed E-state index contributed by atoms with van der Waals surface area (Å²) in [6.07, 6.45) is 1.09. The molecule has 0 bridgehead atoms. The highest BCUT2D eigenvalue weighted by Gasteiger charge is 2.15. The van der Waals surface area contributed by atoms with E-state index in [-0.39, 0.29) is 0 Å². The maximum absolute atomic E-state index is 4.55. The molecule has 0 N–H and O–H groups in total. The van der Waals surface area contributed by atoms with Crippen LogP contribution in [0.2, 0.25) is 0 Å². The maximum atomic E-state index is 4.55. The Hall–Kier alpha value is -0.100. The Morgan fingerprint density at radius 3 is 2.59 bits per heavy atom. The van der Waals surface area contributed by atoms with Crippen molar-refractivity contribution in [2.45, 2.75) is 19.1 Å². The third-order valence-corrected chi connectivity index (χ3v) is 4.60. The molecular weight excluding hydrogens is 250 g/mol. The van der Waals surface area contributed by atoms with Crippen LogP contribution in [0.25, 0.3) is 0 Å². The lowest BCUT2D eigenvalue weighted by atomic mass is 10.3. The summed E-state index contributed by atoms with van der Waals surface area (Å²) in [5.74, 6) is 0.756. The number of piperazine rings is 1. The van der Waals surface area contributed by atoms with Crippen LogP contribution in [0.3, 0.4) is 0 Å². The Morgan fingerprint density at radius 1 is 1.29 bits per heavy atom. The van der Waals surface area contributed by atoms with Gasteiger partial charge in [-0.2, -0.15) is 12.6 Å². The van der Waals surface area contributed by atoms with E-state index >= 15 is 0 Å². The molecule has 0 aromatic carbocycles. The molecule has 0 unspecified atom stereocenters. The average molecular weight is 271 g/mol. The predicted octanol–water partition coefficient (Wildman–Crippen LogP) is 1.75. The largest absolute Gasteiger partial charge is 0.301 e. The van der Waals surface area contributed by atoms with Crippen molar-refractivity contribution >= 4 is 24.0 Å². The number of hydrogen-bond acceptors (Lipinski definition) is 5. The minimum Gasteiger partial charge on any atom is -0.301 e. The molecule has 5 heteroatoms. The van der Waals surface area contributed by atoms with Gasteiger partial charge in [0.25, 0.3) is 0 Å². The van der Waals surface area contributed by atoms with Crippen LogP contribution in [0.5, 0.6) is 0 Å². The number of hydrogen-bond donors (Lipinski definition) is 1. The lowest BCUT2D eigenvalue weighted by molar-refractivity contribution is 0.138. The van der Waals surface area contributed by atoms with E-state index in [0.717, 1.165) is 24.4 Å². The van der Waals surface area contributed by atoms with E-state index < -0.39 is 0 Å². The highest BCUT2D eigenvalue weighted by atomic mass is 32.1. The first-order chi connectivity index (χ1) is 8.31. The highest BCUT2D eigenvalue weighted by Crippen LogP contribution is 2.13. The van der Waals surface area contributed by atoms with Crippen LogP contribution in [-0.2, 0) is 12.2 Å². The highest BCUT2D eigenvalue weighted by molar-refractivity contribution is 7.79. The van der Waals surface area contributed by atoms with Crippen LogP contribution >= 0.6 is 24.0 Å². The second kappa shape index (κ2) is 6.73. The molecule has 1 aliphatic heterocycles. The standard InChI is InChI=1S/C12H21N3S2/c1-2-14-5-7-15(8-6-14)4-3-12-13-11(9-16)10-17-12/h10,16H,2-9H2,1H3. The van der Waals surface area contributed by atoms with Crippen LogP contribution in [-0.4, -0.2) is 54.1 Å². The molecular formula is C12H21N3S2. The van der Waals surface area contributed by atoms with E-state index in [1.165, 1.54) is 37.7 Å². The Labute approximate surface area is 113 Å². The van der Waals surface area contributed by atoms with E-state index in [9.17, 15) is 0 Å². The van der Waals surface area contributed by atoms with Gasteiger partial charge in [0.2, 0.25) is 0 Å². The average Bonchev–Trinajstić information content (AvgIpc) is 2.85. The molecule has 1 aromatic rings. The summed E-state index contributed by atoms with van der Waals surface area (Å²) in [5, 5.41) is 3.38. The van der Waals surface area contributed by atoms with Crippen molar-refractivity contribution < 1.29 is 0 Å². The molecule has 2 heterocycles. The van der Waals surface area contributed by atoms with Gasteiger partial charge in [0.15, 0.2) is 0 Å². The lowest BCUT2D eigenvalue weighted by Gasteiger charge is -2.33. The smallest absolute Gasteiger partial charge is 0.0941 e. The van der Waals surface area contributed by atoms with E-state index in [2.05, 4.69) is 39.7 Å². The Balaban J connectivity index is 1.72. The van der Waals surface area contributed by atoms with Crippen molar-refractivity contribution in [1.29, 1.82) is 0 Å². The van der Waals surface area contributed by atoms with Gasteiger partial charge in [0.1, 0.15) is 0 Å². The molecule has 2 rings (SSSR count). The molecule has 1 saturated heterocycles. The van der Waals surface area contributed by atoms with Crippen LogP contribution < -0.4 is 0 Å². The number of nitrogens with zero attached hydrogens (tertiary/aromatic N) is 3. The molecule has 0 amide bonds. The third-order valence-electron chi connectivity index (χ3n) is 3.32. The molecule has 96 valence electrons. The van der Waals surface area contributed by atoms with Crippen molar-refractivity contribution in [3.63, 3.8) is 0 Å². The Bertz CT molecular complexity index is 332. The molecule has 1 aliphatic rings. The van der Waals surface area contributed by atoms with Gasteiger partial charge < -0.3 is 9.80 Å². The first-order valence-electron chi connectivity index (χ1n) is 6.30. The zero-order chi connectivity index (χ0) is 12.1. The fraction of sp³-hybridized carbons (Fsp3) is 0.750. The molecule has 0 saturated carbocycles. The monoisotopic (exact) mass is 271 g/mol. The summed E-state index contributed by atoms with van der Waals surface area (Å²) in [5.41, 5.74) is 1.11. The van der Waals surface area contributed by atoms with Crippen molar-refractivity contribution in [3.8, 4) is 0 Å². The van der Waals surface area contributed by atoms with E-state index in [0.29, 0.717) is 0 Å². The minimum atomic E-state index is 0.756. The van der Waals surface area contributed by atoms with Gasteiger partial charge in [-0.25, -0.2) is 4.98 Å². The van der Waals surface area contributed by atoms with Gasteiger partial charge in [-0.15, -0.1) is 11.3 Å². The van der Waals surface area contributed by atoms with Crippen molar-refractivity contribution in [2.75, 3.05) is 39.3 Å². The third kappa shape index (κ3) is 3.95. The zero-order valence-corrected chi connectivity index (χ0v) is 12.1. The Morgan fingerprint density at radius 2 is 2.00 bits per heavy atom. The maximum Gasteiger partial charge on any atom is 0.0941 e. The number of thiazole rings is 1. The topological polar surface area (TPSA) is 19.4 Å². The van der Waals surface area contributed by atoms with Crippen LogP contribution in [0.1, 0.15) is 17.6 Å². The first kappa shape index (κ1) is 13.3. The van der Waals surface area contributed by atoms with Crippen LogP contribution in [0.15, 0.2) is 5.38 Å². The molecule has 0 radical (unpaired) electrons. The quantitative estimate of drug-likeness (QED) is 0.824. The molecule has 17 heavy (non-hydrogen) atoms. The molecule has 3 nitrogen and oxygen atoms in total. The number of aromatic nitrogens is 1. The minimum absolute atomic E-state index is 0.756. The van der Waals surface area contributed by atoms with Crippen molar-refractivity contribution in [2.24, 2.45) is 0 Å². The summed E-state index contributed by atoms with van der Waals surface area (Å²) in [4.78, 5) is 9.61. The predicted molar refractivity (Wildman–Crippen MR) is 77.1 cm³/mol. The van der Waals surface area contributed by atoms with E-state index in [4.69, 9.17) is 0 Å². The molecule has 0 atom stereocenters. The fourth-order valence-corrected chi connectivity index (χ4v) is 3.19. The molecule has 0 spiro atoms. The Kier molecular flexibility index (Phi) is 5.28. The summed E-state index contributed by atoms with van der Waals surface area (Å²) < 4.78 is 0. The van der Waals surface area contributed by atoms with Gasteiger partial charge in [-0.1, -0.05) is 6.92 Å². The van der Waals surface area contributed by atoms with Crippen molar-refractivity contribution in [1.82, 2.24) is 14.8 Å². The second-order valence-corrected chi connectivity index (χ2v) is 5.68. The summed E-state index contributed by atoms with van der Waals surface area (Å²) in [7, 11) is 0. The molecule has 0 aliphatic carbocycles. The normalized spacial score (nSPS) is 18.7. The first-order valence-corrected chi connectivity index (χ1v) is 7.82. The van der Waals surface area contributed by atoms with Gasteiger partial charge in [0.05, 0.1) is 10.7 Å². The lowest BCUT2D eigenvalue weighted by Crippen LogP contribution is -2.46. The van der Waals surface area contributed by atoms with Crippen molar-refractivity contribution in [3.05, 3.63) is 16.1 Å².